The standard InChI is InChI=1S/C24H32BrN3O4S/c1-6-22(24(30)26-7-2)27(15-19-10-8-17(3)9-11-19)23(29)16-28(33(5,31)32)20-12-13-21(25)18(4)14-20/h8-14,22H,6-7,15-16H2,1-5H3,(H,26,30)/t22-/m1/s1. The zero-order chi connectivity index (χ0) is 24.8. The third-order valence-electron chi connectivity index (χ3n) is 5.32. The van der Waals surface area contributed by atoms with Crippen molar-refractivity contribution in [2.45, 2.75) is 46.7 Å². The summed E-state index contributed by atoms with van der Waals surface area (Å²) in [6.07, 6.45) is 1.47. The number of halogens is 1. The Labute approximate surface area is 205 Å². The van der Waals surface area contributed by atoms with Gasteiger partial charge in [-0.3, -0.25) is 13.9 Å². The number of hydrogen-bond donors (Lipinski definition) is 1. The Morgan fingerprint density at radius 3 is 2.21 bits per heavy atom. The number of nitrogens with one attached hydrogen (secondary N) is 1. The minimum atomic E-state index is -3.75. The summed E-state index contributed by atoms with van der Waals surface area (Å²) in [4.78, 5) is 27.8. The average molecular weight is 539 g/mol. The highest BCUT2D eigenvalue weighted by Crippen LogP contribution is 2.25. The van der Waals surface area contributed by atoms with E-state index in [1.54, 1.807) is 18.2 Å². The van der Waals surface area contributed by atoms with Gasteiger partial charge in [-0.1, -0.05) is 52.7 Å². The van der Waals surface area contributed by atoms with E-state index in [0.717, 1.165) is 31.7 Å². The molecule has 2 aromatic rings. The molecule has 2 amide bonds. The third-order valence-corrected chi connectivity index (χ3v) is 7.35. The van der Waals surface area contributed by atoms with Crippen LogP contribution in [0.15, 0.2) is 46.9 Å². The first kappa shape index (κ1) is 26.9. The van der Waals surface area contributed by atoms with Gasteiger partial charge in [0.1, 0.15) is 12.6 Å². The molecule has 180 valence electrons. The van der Waals surface area contributed by atoms with Crippen LogP contribution in [0, 0.1) is 13.8 Å². The summed E-state index contributed by atoms with van der Waals surface area (Å²) >= 11 is 3.42. The van der Waals surface area contributed by atoms with Crippen molar-refractivity contribution in [1.29, 1.82) is 0 Å². The van der Waals surface area contributed by atoms with Crippen LogP contribution in [-0.4, -0.2) is 50.5 Å². The Hall–Kier alpha value is -2.39. The number of benzene rings is 2. The lowest BCUT2D eigenvalue weighted by Gasteiger charge is -2.33. The molecule has 7 nitrogen and oxygen atoms in total. The zero-order valence-corrected chi connectivity index (χ0v) is 22.2. The van der Waals surface area contributed by atoms with Crippen molar-refractivity contribution in [2.24, 2.45) is 0 Å². The van der Waals surface area contributed by atoms with Crippen molar-refractivity contribution in [1.82, 2.24) is 10.2 Å². The van der Waals surface area contributed by atoms with E-state index in [1.165, 1.54) is 4.90 Å². The minimum Gasteiger partial charge on any atom is -0.355 e. The van der Waals surface area contributed by atoms with Crippen LogP contribution in [0.25, 0.3) is 0 Å². The van der Waals surface area contributed by atoms with E-state index >= 15 is 0 Å². The molecular weight excluding hydrogens is 506 g/mol. The van der Waals surface area contributed by atoms with Gasteiger partial charge in [0.2, 0.25) is 21.8 Å². The highest BCUT2D eigenvalue weighted by atomic mass is 79.9. The number of sulfonamides is 1. The predicted octanol–water partition coefficient (Wildman–Crippen LogP) is 3.78. The summed E-state index contributed by atoms with van der Waals surface area (Å²) in [6.45, 7) is 7.71. The van der Waals surface area contributed by atoms with Gasteiger partial charge in [0.05, 0.1) is 11.9 Å². The Bertz CT molecular complexity index is 1090. The molecule has 0 aliphatic heterocycles. The fourth-order valence-corrected chi connectivity index (χ4v) is 4.59. The predicted molar refractivity (Wildman–Crippen MR) is 136 cm³/mol. The first-order valence-electron chi connectivity index (χ1n) is 10.8. The molecule has 0 heterocycles. The minimum absolute atomic E-state index is 0.200. The van der Waals surface area contributed by atoms with Gasteiger partial charge in [-0.25, -0.2) is 8.42 Å². The van der Waals surface area contributed by atoms with Crippen LogP contribution in [0.2, 0.25) is 0 Å². The number of nitrogens with zero attached hydrogens (tertiary/aromatic N) is 2. The van der Waals surface area contributed by atoms with Crippen LogP contribution >= 0.6 is 15.9 Å². The van der Waals surface area contributed by atoms with Gasteiger partial charge in [0, 0.05) is 17.6 Å². The van der Waals surface area contributed by atoms with Crippen LogP contribution in [0.3, 0.4) is 0 Å². The molecule has 0 aliphatic rings. The molecule has 0 spiro atoms. The highest BCUT2D eigenvalue weighted by Gasteiger charge is 2.31. The number of likely N-dealkylation sites (N-methyl/N-ethyl adjacent to an activating group) is 1. The molecule has 1 atom stereocenters. The molecular formula is C24H32BrN3O4S. The van der Waals surface area contributed by atoms with Crippen molar-refractivity contribution < 1.29 is 18.0 Å². The van der Waals surface area contributed by atoms with Gasteiger partial charge in [-0.05, 0) is 56.5 Å². The topological polar surface area (TPSA) is 86.8 Å². The lowest BCUT2D eigenvalue weighted by atomic mass is 10.1. The Morgan fingerprint density at radius 2 is 1.70 bits per heavy atom. The number of aryl methyl sites for hydroxylation is 2. The molecule has 0 saturated heterocycles. The van der Waals surface area contributed by atoms with Gasteiger partial charge >= 0.3 is 0 Å². The number of anilines is 1. The number of hydrogen-bond acceptors (Lipinski definition) is 4. The van der Waals surface area contributed by atoms with Crippen molar-refractivity contribution in [3.05, 3.63) is 63.6 Å². The molecule has 2 rings (SSSR count). The maximum atomic E-state index is 13.5. The van der Waals surface area contributed by atoms with Gasteiger partial charge in [-0.15, -0.1) is 0 Å². The second kappa shape index (κ2) is 11.7. The summed E-state index contributed by atoms with van der Waals surface area (Å²) < 4.78 is 27.2. The van der Waals surface area contributed by atoms with E-state index in [2.05, 4.69) is 21.2 Å². The number of carbonyl (C=O) groups is 2. The third kappa shape index (κ3) is 7.30. The first-order chi connectivity index (χ1) is 15.5. The van der Waals surface area contributed by atoms with Crippen molar-refractivity contribution in [3.8, 4) is 0 Å². The Morgan fingerprint density at radius 1 is 1.06 bits per heavy atom. The smallest absolute Gasteiger partial charge is 0.244 e. The quantitative estimate of drug-likeness (QED) is 0.499. The summed E-state index contributed by atoms with van der Waals surface area (Å²) in [6, 6.07) is 12.1. The van der Waals surface area contributed by atoms with Crippen LogP contribution in [0.1, 0.15) is 37.0 Å². The summed E-state index contributed by atoms with van der Waals surface area (Å²) in [7, 11) is -3.75. The molecule has 0 aromatic heterocycles. The molecule has 9 heteroatoms. The van der Waals surface area contributed by atoms with Crippen LogP contribution in [-0.2, 0) is 26.2 Å². The fourth-order valence-electron chi connectivity index (χ4n) is 3.50. The van der Waals surface area contributed by atoms with Crippen molar-refractivity contribution >= 4 is 43.5 Å². The van der Waals surface area contributed by atoms with Crippen molar-refractivity contribution in [2.75, 3.05) is 23.7 Å². The largest absolute Gasteiger partial charge is 0.355 e. The number of carbonyl (C=O) groups excluding carboxylic acids is 2. The SMILES string of the molecule is CCNC(=O)[C@@H](CC)N(Cc1ccc(C)cc1)C(=O)CN(c1ccc(Br)c(C)c1)S(C)(=O)=O. The van der Waals surface area contributed by atoms with Crippen LogP contribution in [0.5, 0.6) is 0 Å². The molecule has 0 bridgehead atoms. The summed E-state index contributed by atoms with van der Waals surface area (Å²) in [5, 5.41) is 2.79. The molecule has 2 aromatic carbocycles. The van der Waals surface area contributed by atoms with E-state index in [0.29, 0.717) is 18.7 Å². The van der Waals surface area contributed by atoms with Crippen LogP contribution < -0.4 is 9.62 Å². The summed E-state index contributed by atoms with van der Waals surface area (Å²) in [5.74, 6) is -0.703. The van der Waals surface area contributed by atoms with E-state index in [9.17, 15) is 18.0 Å². The Kier molecular flexibility index (Phi) is 9.48. The molecule has 0 saturated carbocycles. The van der Waals surface area contributed by atoms with Gasteiger partial charge in [0.15, 0.2) is 0 Å². The normalized spacial score (nSPS) is 12.2. The molecule has 0 aliphatic carbocycles. The molecule has 0 fully saturated rings. The molecule has 0 unspecified atom stereocenters. The van der Waals surface area contributed by atoms with E-state index < -0.39 is 28.5 Å². The molecule has 1 N–H and O–H groups in total. The van der Waals surface area contributed by atoms with Gasteiger partial charge in [-0.2, -0.15) is 0 Å². The van der Waals surface area contributed by atoms with E-state index in [4.69, 9.17) is 0 Å². The second-order valence-electron chi connectivity index (χ2n) is 8.03. The monoisotopic (exact) mass is 537 g/mol. The second-order valence-corrected chi connectivity index (χ2v) is 10.8. The molecule has 33 heavy (non-hydrogen) atoms. The number of rotatable bonds is 10. The number of amides is 2. The van der Waals surface area contributed by atoms with Crippen molar-refractivity contribution in [3.63, 3.8) is 0 Å². The van der Waals surface area contributed by atoms with Gasteiger partial charge < -0.3 is 10.2 Å². The highest BCUT2D eigenvalue weighted by molar-refractivity contribution is 9.10. The zero-order valence-electron chi connectivity index (χ0n) is 19.8. The fraction of sp³-hybridized carbons (Fsp3) is 0.417. The molecule has 0 radical (unpaired) electrons. The Balaban J connectivity index is 2.44. The lowest BCUT2D eigenvalue weighted by Crippen LogP contribution is -2.52. The maximum absolute atomic E-state index is 13.5. The van der Waals surface area contributed by atoms with Gasteiger partial charge in [0.25, 0.3) is 0 Å². The van der Waals surface area contributed by atoms with Crippen LogP contribution in [0.4, 0.5) is 5.69 Å². The van der Waals surface area contributed by atoms with E-state index in [-0.39, 0.29) is 12.5 Å². The average Bonchev–Trinajstić information content (AvgIpc) is 2.74. The summed E-state index contributed by atoms with van der Waals surface area (Å²) in [5.41, 5.74) is 3.19. The lowest BCUT2D eigenvalue weighted by molar-refractivity contribution is -0.140. The van der Waals surface area contributed by atoms with E-state index in [1.807, 2.05) is 52.0 Å². The maximum Gasteiger partial charge on any atom is 0.244 e. The first-order valence-corrected chi connectivity index (χ1v) is 13.5.